The van der Waals surface area contributed by atoms with Crippen LogP contribution in [0.2, 0.25) is 5.02 Å². The number of hydrogen-bond acceptors (Lipinski definition) is 5. The van der Waals surface area contributed by atoms with Crippen molar-refractivity contribution in [2.24, 2.45) is 9.98 Å². The van der Waals surface area contributed by atoms with Crippen LogP contribution >= 0.6 is 11.6 Å². The smallest absolute Gasteiger partial charge is 0.406 e. The molecule has 2 aromatic rings. The number of rotatable bonds is 2. The number of ether oxygens (including phenoxy) is 1. The molecule has 0 radical (unpaired) electrons. The number of nitrogens with one attached hydrogen (secondary N) is 1. The van der Waals surface area contributed by atoms with Crippen molar-refractivity contribution in [2.45, 2.75) is 6.36 Å². The van der Waals surface area contributed by atoms with Crippen LogP contribution in [-0.4, -0.2) is 31.1 Å². The predicted octanol–water partition coefficient (Wildman–Crippen LogP) is 4.75. The van der Waals surface area contributed by atoms with Crippen LogP contribution in [0.5, 0.6) is 5.75 Å². The lowest BCUT2D eigenvalue weighted by Gasteiger charge is -2.28. The van der Waals surface area contributed by atoms with Crippen molar-refractivity contribution in [1.82, 2.24) is 0 Å². The number of alkyl halides is 3. The Morgan fingerprint density at radius 1 is 1.15 bits per heavy atom. The summed E-state index contributed by atoms with van der Waals surface area (Å²) >= 11 is 5.92. The number of nitrogens with zero attached hydrogens (tertiary/aromatic N) is 3. The molecular formula is C17H11ClF4N4O. The lowest BCUT2D eigenvalue weighted by atomic mass is 10.2. The summed E-state index contributed by atoms with van der Waals surface area (Å²) < 4.78 is 54.9. The van der Waals surface area contributed by atoms with Gasteiger partial charge in [0, 0.05) is 17.3 Å². The molecule has 140 valence electrons. The van der Waals surface area contributed by atoms with Crippen LogP contribution in [0.3, 0.4) is 0 Å². The monoisotopic (exact) mass is 398 g/mol. The van der Waals surface area contributed by atoms with Gasteiger partial charge in [0.1, 0.15) is 11.4 Å². The maximum atomic E-state index is 14.3. The lowest BCUT2D eigenvalue weighted by Crippen LogP contribution is -2.40. The SMILES string of the molecule is Fc1cc(Cl)cc2c1N1CCN=C1C(Nc1ccc(OC(F)(F)F)cc1)=N2. The summed E-state index contributed by atoms with van der Waals surface area (Å²) in [7, 11) is 0. The average molecular weight is 399 g/mol. The number of aliphatic imine (C=N–C) groups is 2. The minimum absolute atomic E-state index is 0.211. The normalized spacial score (nSPS) is 15.7. The second-order valence-corrected chi connectivity index (χ2v) is 6.21. The van der Waals surface area contributed by atoms with Gasteiger partial charge < -0.3 is 15.0 Å². The van der Waals surface area contributed by atoms with Crippen molar-refractivity contribution in [2.75, 3.05) is 23.3 Å². The van der Waals surface area contributed by atoms with E-state index in [1.54, 1.807) is 4.90 Å². The molecule has 27 heavy (non-hydrogen) atoms. The van der Waals surface area contributed by atoms with Crippen LogP contribution in [0, 0.1) is 5.82 Å². The first-order chi connectivity index (χ1) is 12.8. The Labute approximate surface area is 155 Å². The molecule has 0 unspecified atom stereocenters. The zero-order chi connectivity index (χ0) is 19.2. The molecule has 0 saturated heterocycles. The van der Waals surface area contributed by atoms with Crippen LogP contribution in [-0.2, 0) is 0 Å². The zero-order valence-corrected chi connectivity index (χ0v) is 14.3. The third-order valence-corrected chi connectivity index (χ3v) is 4.13. The van der Waals surface area contributed by atoms with Gasteiger partial charge in [-0.15, -0.1) is 13.2 Å². The van der Waals surface area contributed by atoms with E-state index in [-0.39, 0.29) is 10.8 Å². The van der Waals surface area contributed by atoms with Gasteiger partial charge in [0.25, 0.3) is 0 Å². The standard InChI is InChI=1S/C17H11ClF4N4O/c18-9-7-12(19)14-13(8-9)25-15(16-23-5-6-26(14)16)24-10-1-3-11(4-2-10)27-17(20,21)22/h1-4,7-8H,5-6H2,(H,24,25). The first-order valence-corrected chi connectivity index (χ1v) is 8.21. The summed E-state index contributed by atoms with van der Waals surface area (Å²) in [5.74, 6) is -0.0216. The molecule has 2 heterocycles. The topological polar surface area (TPSA) is 49.2 Å². The van der Waals surface area contributed by atoms with Gasteiger partial charge in [-0.3, -0.25) is 4.99 Å². The Morgan fingerprint density at radius 2 is 1.89 bits per heavy atom. The quantitative estimate of drug-likeness (QED) is 0.742. The molecule has 2 aromatic carbocycles. The fourth-order valence-corrected chi connectivity index (χ4v) is 3.10. The molecule has 4 rings (SSSR count). The Kier molecular flexibility index (Phi) is 4.18. The molecular weight excluding hydrogens is 388 g/mol. The van der Waals surface area contributed by atoms with Crippen molar-refractivity contribution in [3.05, 3.63) is 47.2 Å². The molecule has 0 amide bonds. The number of amidine groups is 2. The van der Waals surface area contributed by atoms with Crippen LogP contribution in [0.15, 0.2) is 46.4 Å². The molecule has 0 aliphatic carbocycles. The molecule has 2 aliphatic rings. The largest absolute Gasteiger partial charge is 0.573 e. The highest BCUT2D eigenvalue weighted by molar-refractivity contribution is 6.51. The summed E-state index contributed by atoms with van der Waals surface area (Å²) in [5, 5.41) is 3.21. The molecule has 10 heteroatoms. The summed E-state index contributed by atoms with van der Waals surface area (Å²) in [6, 6.07) is 7.94. The van der Waals surface area contributed by atoms with E-state index in [9.17, 15) is 17.6 Å². The number of benzene rings is 2. The number of anilines is 2. The first kappa shape index (κ1) is 17.6. The Bertz CT molecular complexity index is 957. The van der Waals surface area contributed by atoms with Gasteiger partial charge in [0.2, 0.25) is 0 Å². The summed E-state index contributed by atoms with van der Waals surface area (Å²) in [5.41, 5.74) is 1.12. The Morgan fingerprint density at radius 3 is 2.59 bits per heavy atom. The highest BCUT2D eigenvalue weighted by atomic mass is 35.5. The van der Waals surface area contributed by atoms with E-state index in [0.717, 1.165) is 0 Å². The number of hydrogen-bond donors (Lipinski definition) is 1. The van der Waals surface area contributed by atoms with Gasteiger partial charge in [0.15, 0.2) is 17.5 Å². The van der Waals surface area contributed by atoms with Gasteiger partial charge in [-0.2, -0.15) is 0 Å². The van der Waals surface area contributed by atoms with Crippen molar-refractivity contribution in [3.63, 3.8) is 0 Å². The lowest BCUT2D eigenvalue weighted by molar-refractivity contribution is -0.274. The molecule has 2 aliphatic heterocycles. The second-order valence-electron chi connectivity index (χ2n) is 5.77. The predicted molar refractivity (Wildman–Crippen MR) is 94.9 cm³/mol. The summed E-state index contributed by atoms with van der Waals surface area (Å²) in [6.07, 6.45) is -4.76. The van der Waals surface area contributed by atoms with Gasteiger partial charge in [-0.1, -0.05) is 11.6 Å². The van der Waals surface area contributed by atoms with E-state index in [0.29, 0.717) is 41.8 Å². The average Bonchev–Trinajstić information content (AvgIpc) is 3.04. The minimum Gasteiger partial charge on any atom is -0.406 e. The number of fused-ring (bicyclic) bond motifs is 3. The molecule has 0 saturated carbocycles. The van der Waals surface area contributed by atoms with E-state index in [1.807, 2.05) is 0 Å². The molecule has 0 aromatic heterocycles. The fraction of sp³-hybridized carbons (Fsp3) is 0.176. The molecule has 0 spiro atoms. The fourth-order valence-electron chi connectivity index (χ4n) is 2.90. The third-order valence-electron chi connectivity index (χ3n) is 3.91. The van der Waals surface area contributed by atoms with Gasteiger partial charge >= 0.3 is 6.36 Å². The maximum Gasteiger partial charge on any atom is 0.573 e. The van der Waals surface area contributed by atoms with Gasteiger partial charge in [-0.05, 0) is 36.4 Å². The van der Waals surface area contributed by atoms with Crippen LogP contribution in [0.4, 0.5) is 34.6 Å². The van der Waals surface area contributed by atoms with Crippen molar-refractivity contribution < 1.29 is 22.3 Å². The van der Waals surface area contributed by atoms with Gasteiger partial charge in [-0.25, -0.2) is 9.38 Å². The molecule has 1 N–H and O–H groups in total. The van der Waals surface area contributed by atoms with E-state index in [2.05, 4.69) is 20.0 Å². The highest BCUT2D eigenvalue weighted by Crippen LogP contribution is 2.39. The van der Waals surface area contributed by atoms with Crippen LogP contribution < -0.4 is 15.0 Å². The maximum absolute atomic E-state index is 14.3. The van der Waals surface area contributed by atoms with Crippen LogP contribution in [0.1, 0.15) is 0 Å². The minimum atomic E-state index is -4.76. The molecule has 0 fully saturated rings. The summed E-state index contributed by atoms with van der Waals surface area (Å²) in [6.45, 7) is 0.954. The van der Waals surface area contributed by atoms with E-state index in [4.69, 9.17) is 11.6 Å². The van der Waals surface area contributed by atoms with Crippen LogP contribution in [0.25, 0.3) is 0 Å². The zero-order valence-electron chi connectivity index (χ0n) is 13.5. The molecule has 0 bridgehead atoms. The van der Waals surface area contributed by atoms with Crippen molar-refractivity contribution in [3.8, 4) is 5.75 Å². The molecule has 5 nitrogen and oxygen atoms in total. The Hall–Kier alpha value is -2.81. The van der Waals surface area contributed by atoms with E-state index in [1.165, 1.54) is 36.4 Å². The summed E-state index contributed by atoms with van der Waals surface area (Å²) in [4.78, 5) is 10.4. The van der Waals surface area contributed by atoms with Gasteiger partial charge in [0.05, 0.1) is 12.2 Å². The van der Waals surface area contributed by atoms with Crippen molar-refractivity contribution in [1.29, 1.82) is 0 Å². The van der Waals surface area contributed by atoms with E-state index < -0.39 is 12.2 Å². The van der Waals surface area contributed by atoms with E-state index >= 15 is 0 Å². The highest BCUT2D eigenvalue weighted by Gasteiger charge is 2.33. The van der Waals surface area contributed by atoms with Crippen molar-refractivity contribution >= 4 is 40.3 Å². The number of halogens is 5. The second kappa shape index (κ2) is 6.41. The Balaban J connectivity index is 1.64. The first-order valence-electron chi connectivity index (χ1n) is 7.83. The third kappa shape index (κ3) is 3.55. The molecule has 0 atom stereocenters.